The number of morpholine rings is 1. The predicted molar refractivity (Wildman–Crippen MR) is 92.1 cm³/mol. The van der Waals surface area contributed by atoms with E-state index in [2.05, 4.69) is 22.1 Å². The number of rotatable bonds is 5. The number of pyridine rings is 1. The van der Waals surface area contributed by atoms with Crippen molar-refractivity contribution in [2.24, 2.45) is 0 Å². The normalized spacial score (nSPS) is 14.7. The highest BCUT2D eigenvalue weighted by molar-refractivity contribution is 7.14. The van der Waals surface area contributed by atoms with Crippen molar-refractivity contribution in [1.82, 2.24) is 10.3 Å². The molecule has 0 aromatic carbocycles. The lowest BCUT2D eigenvalue weighted by molar-refractivity contribution is 0.0955. The van der Waals surface area contributed by atoms with E-state index < -0.39 is 0 Å². The molecule has 3 rings (SSSR count). The van der Waals surface area contributed by atoms with Gasteiger partial charge in [-0.3, -0.25) is 4.79 Å². The van der Waals surface area contributed by atoms with E-state index in [1.54, 1.807) is 17.5 Å². The van der Waals surface area contributed by atoms with Crippen molar-refractivity contribution in [3.8, 4) is 0 Å². The Morgan fingerprint density at radius 2 is 2.17 bits per heavy atom. The van der Waals surface area contributed by atoms with Crippen molar-refractivity contribution in [3.05, 3.63) is 45.8 Å². The first-order chi connectivity index (χ1) is 11.3. The first-order valence-electron chi connectivity index (χ1n) is 7.91. The summed E-state index contributed by atoms with van der Waals surface area (Å²) in [5.41, 5.74) is 1.06. The minimum Gasteiger partial charge on any atom is -0.378 e. The van der Waals surface area contributed by atoms with Crippen LogP contribution in [0.5, 0.6) is 0 Å². The summed E-state index contributed by atoms with van der Waals surface area (Å²) >= 11 is 1.56. The first-order valence-corrected chi connectivity index (χ1v) is 8.72. The summed E-state index contributed by atoms with van der Waals surface area (Å²) < 4.78 is 5.37. The van der Waals surface area contributed by atoms with Crippen LogP contribution in [0.1, 0.15) is 27.0 Å². The monoisotopic (exact) mass is 331 g/mol. The summed E-state index contributed by atoms with van der Waals surface area (Å²) in [6, 6.07) is 7.89. The maximum atomic E-state index is 12.2. The van der Waals surface area contributed by atoms with Crippen LogP contribution >= 0.6 is 11.3 Å². The standard InChI is InChI=1S/C17H21N3O2S/c1-2-14-3-4-15(23-14)17(21)19-12-13-5-6-18-16(11-13)20-7-9-22-10-8-20/h3-6,11H,2,7-10,12H2,1H3,(H,19,21). The SMILES string of the molecule is CCc1ccc(C(=O)NCc2ccnc(N3CCOCC3)c2)s1. The number of hydrogen-bond acceptors (Lipinski definition) is 5. The number of carbonyl (C=O) groups excluding carboxylic acids is 1. The largest absolute Gasteiger partial charge is 0.378 e. The van der Waals surface area contributed by atoms with Crippen LogP contribution in [0.3, 0.4) is 0 Å². The lowest BCUT2D eigenvalue weighted by atomic mass is 10.2. The van der Waals surface area contributed by atoms with Crippen molar-refractivity contribution in [1.29, 1.82) is 0 Å². The number of amides is 1. The molecular formula is C17H21N3O2S. The number of aromatic nitrogens is 1. The molecule has 5 nitrogen and oxygen atoms in total. The molecule has 6 heteroatoms. The smallest absolute Gasteiger partial charge is 0.261 e. The average Bonchev–Trinajstić information content (AvgIpc) is 3.10. The molecule has 1 saturated heterocycles. The van der Waals surface area contributed by atoms with Gasteiger partial charge in [-0.15, -0.1) is 11.3 Å². The summed E-state index contributed by atoms with van der Waals surface area (Å²) in [4.78, 5) is 20.8. The number of anilines is 1. The average molecular weight is 331 g/mol. The molecule has 3 heterocycles. The highest BCUT2D eigenvalue weighted by Crippen LogP contribution is 2.17. The summed E-state index contributed by atoms with van der Waals surface area (Å²) in [6.07, 6.45) is 2.76. The van der Waals surface area contributed by atoms with E-state index in [-0.39, 0.29) is 5.91 Å². The Morgan fingerprint density at radius 1 is 1.35 bits per heavy atom. The quantitative estimate of drug-likeness (QED) is 0.914. The van der Waals surface area contributed by atoms with Gasteiger partial charge >= 0.3 is 0 Å². The van der Waals surface area contributed by atoms with Gasteiger partial charge < -0.3 is 15.0 Å². The van der Waals surface area contributed by atoms with Crippen LogP contribution in [0.2, 0.25) is 0 Å². The number of carbonyl (C=O) groups is 1. The lowest BCUT2D eigenvalue weighted by Gasteiger charge is -2.28. The topological polar surface area (TPSA) is 54.5 Å². The molecule has 0 radical (unpaired) electrons. The van der Waals surface area contributed by atoms with Crippen LogP contribution in [-0.4, -0.2) is 37.2 Å². The van der Waals surface area contributed by atoms with Gasteiger partial charge in [0.15, 0.2) is 0 Å². The molecule has 0 spiro atoms. The Labute approximate surface area is 140 Å². The third kappa shape index (κ3) is 4.09. The molecule has 0 aliphatic carbocycles. The maximum absolute atomic E-state index is 12.2. The summed E-state index contributed by atoms with van der Waals surface area (Å²) in [6.45, 7) is 5.80. The van der Waals surface area contributed by atoms with Crippen molar-refractivity contribution in [3.63, 3.8) is 0 Å². The van der Waals surface area contributed by atoms with E-state index in [0.29, 0.717) is 6.54 Å². The van der Waals surface area contributed by atoms with E-state index in [1.807, 2.05) is 24.3 Å². The van der Waals surface area contributed by atoms with E-state index in [9.17, 15) is 4.79 Å². The Morgan fingerprint density at radius 3 is 2.91 bits per heavy atom. The number of ether oxygens (including phenoxy) is 1. The molecule has 2 aromatic heterocycles. The molecule has 0 bridgehead atoms. The molecule has 1 fully saturated rings. The molecule has 1 aliphatic heterocycles. The Balaban J connectivity index is 1.60. The van der Waals surface area contributed by atoms with E-state index in [4.69, 9.17) is 4.74 Å². The molecule has 1 amide bonds. The maximum Gasteiger partial charge on any atom is 0.261 e. The zero-order valence-corrected chi connectivity index (χ0v) is 14.1. The molecule has 0 atom stereocenters. The van der Waals surface area contributed by atoms with Gasteiger partial charge in [0.1, 0.15) is 5.82 Å². The Hall–Kier alpha value is -1.92. The zero-order valence-electron chi connectivity index (χ0n) is 13.2. The number of nitrogens with zero attached hydrogens (tertiary/aromatic N) is 2. The van der Waals surface area contributed by atoms with E-state index >= 15 is 0 Å². The Bertz CT molecular complexity index is 665. The summed E-state index contributed by atoms with van der Waals surface area (Å²) in [7, 11) is 0. The fourth-order valence-corrected chi connectivity index (χ4v) is 3.36. The second-order valence-electron chi connectivity index (χ2n) is 5.42. The molecule has 1 aliphatic rings. The van der Waals surface area contributed by atoms with Crippen molar-refractivity contribution in [2.75, 3.05) is 31.2 Å². The van der Waals surface area contributed by atoms with Crippen molar-refractivity contribution < 1.29 is 9.53 Å². The molecule has 0 saturated carbocycles. The molecular weight excluding hydrogens is 310 g/mol. The van der Waals surface area contributed by atoms with Gasteiger partial charge in [-0.25, -0.2) is 4.98 Å². The second kappa shape index (κ2) is 7.57. The van der Waals surface area contributed by atoms with E-state index in [0.717, 1.165) is 49.0 Å². The minimum absolute atomic E-state index is 0.0144. The lowest BCUT2D eigenvalue weighted by Crippen LogP contribution is -2.36. The molecule has 1 N–H and O–H groups in total. The highest BCUT2D eigenvalue weighted by atomic mass is 32.1. The number of hydrogen-bond donors (Lipinski definition) is 1. The predicted octanol–water partition coefficient (Wildman–Crippen LogP) is 2.47. The van der Waals surface area contributed by atoms with Crippen LogP contribution in [0.25, 0.3) is 0 Å². The van der Waals surface area contributed by atoms with Crippen LogP contribution in [0.4, 0.5) is 5.82 Å². The fraction of sp³-hybridized carbons (Fsp3) is 0.412. The van der Waals surface area contributed by atoms with Crippen LogP contribution in [-0.2, 0) is 17.7 Å². The van der Waals surface area contributed by atoms with Gasteiger partial charge in [-0.05, 0) is 36.2 Å². The summed E-state index contributed by atoms with van der Waals surface area (Å²) in [5.74, 6) is 0.934. The first kappa shape index (κ1) is 16.0. The summed E-state index contributed by atoms with van der Waals surface area (Å²) in [5, 5.41) is 2.98. The highest BCUT2D eigenvalue weighted by Gasteiger charge is 2.13. The van der Waals surface area contributed by atoms with Crippen LogP contribution in [0, 0.1) is 0 Å². The van der Waals surface area contributed by atoms with Crippen LogP contribution in [0.15, 0.2) is 30.5 Å². The van der Waals surface area contributed by atoms with Gasteiger partial charge in [0.05, 0.1) is 18.1 Å². The van der Waals surface area contributed by atoms with Gasteiger partial charge in [-0.1, -0.05) is 6.92 Å². The minimum atomic E-state index is -0.0144. The molecule has 2 aromatic rings. The molecule has 23 heavy (non-hydrogen) atoms. The van der Waals surface area contributed by atoms with Crippen molar-refractivity contribution >= 4 is 23.1 Å². The second-order valence-corrected chi connectivity index (χ2v) is 6.59. The Kier molecular flexibility index (Phi) is 5.25. The number of nitrogens with one attached hydrogen (secondary N) is 1. The molecule has 0 unspecified atom stereocenters. The van der Waals surface area contributed by atoms with Crippen molar-refractivity contribution in [2.45, 2.75) is 19.9 Å². The third-order valence-corrected chi connectivity index (χ3v) is 5.06. The third-order valence-electron chi connectivity index (χ3n) is 3.83. The fourth-order valence-electron chi connectivity index (χ4n) is 2.50. The molecule has 122 valence electrons. The van der Waals surface area contributed by atoms with Gasteiger partial charge in [0, 0.05) is 30.7 Å². The van der Waals surface area contributed by atoms with E-state index in [1.165, 1.54) is 4.88 Å². The number of thiophene rings is 1. The van der Waals surface area contributed by atoms with Crippen LogP contribution < -0.4 is 10.2 Å². The van der Waals surface area contributed by atoms with Gasteiger partial charge in [-0.2, -0.15) is 0 Å². The van der Waals surface area contributed by atoms with Gasteiger partial charge in [0.2, 0.25) is 0 Å². The zero-order chi connectivity index (χ0) is 16.1. The van der Waals surface area contributed by atoms with Gasteiger partial charge in [0.25, 0.3) is 5.91 Å². The number of aryl methyl sites for hydroxylation is 1.